The number of nitrogens with zero attached hydrogens (tertiary/aromatic N) is 2. The molecule has 1 saturated carbocycles. The van der Waals surface area contributed by atoms with Crippen LogP contribution in [0.5, 0.6) is 0 Å². The third-order valence-electron chi connectivity index (χ3n) is 5.90. The van der Waals surface area contributed by atoms with Crippen LogP contribution in [0.2, 0.25) is 0 Å². The van der Waals surface area contributed by atoms with E-state index in [4.69, 9.17) is 0 Å². The number of hydrogen-bond acceptors (Lipinski definition) is 3. The maximum atomic E-state index is 13.2. The predicted molar refractivity (Wildman–Crippen MR) is 99.7 cm³/mol. The Morgan fingerprint density at radius 1 is 1.08 bits per heavy atom. The van der Waals surface area contributed by atoms with Gasteiger partial charge in [0.2, 0.25) is 5.91 Å². The summed E-state index contributed by atoms with van der Waals surface area (Å²) in [4.78, 5) is 30.8. The van der Waals surface area contributed by atoms with Crippen LogP contribution < -0.4 is 0 Å². The molecule has 2 atom stereocenters. The second kappa shape index (κ2) is 7.02. The molecule has 2 amide bonds. The number of fused-ring (bicyclic) bond motifs is 1. The highest BCUT2D eigenvalue weighted by atomic mass is 32.2. The summed E-state index contributed by atoms with van der Waals surface area (Å²) in [5, 5.41) is 0. The topological polar surface area (TPSA) is 40.6 Å². The van der Waals surface area contributed by atoms with Crippen LogP contribution in [0.15, 0.2) is 29.2 Å². The summed E-state index contributed by atoms with van der Waals surface area (Å²) in [5.41, 5.74) is 0.826. The van der Waals surface area contributed by atoms with Crippen molar-refractivity contribution in [1.82, 2.24) is 9.80 Å². The average molecular weight is 359 g/mol. The van der Waals surface area contributed by atoms with Crippen LogP contribution >= 0.6 is 11.8 Å². The molecule has 2 heterocycles. The van der Waals surface area contributed by atoms with E-state index in [1.807, 2.05) is 30.5 Å². The highest BCUT2D eigenvalue weighted by Gasteiger charge is 2.42. The Balaban J connectivity index is 1.50. The number of rotatable bonds is 3. The third kappa shape index (κ3) is 3.31. The first-order valence-electron chi connectivity index (χ1n) is 9.42. The largest absolute Gasteiger partial charge is 0.342 e. The molecule has 0 N–H and O–H groups in total. The molecular formula is C20H26N2O2S. The molecular weight excluding hydrogens is 332 g/mol. The molecule has 25 heavy (non-hydrogen) atoms. The van der Waals surface area contributed by atoms with Gasteiger partial charge in [0.1, 0.15) is 0 Å². The molecule has 134 valence electrons. The SMILES string of the molecule is CSc1ccccc1C(=O)N1CCC[C@@H]2CN(C(=O)C3CC3)CC[C@@H]21. The van der Waals surface area contributed by atoms with Gasteiger partial charge in [0.15, 0.2) is 0 Å². The minimum absolute atomic E-state index is 0.168. The van der Waals surface area contributed by atoms with Crippen LogP contribution in [0.25, 0.3) is 0 Å². The molecule has 0 spiro atoms. The van der Waals surface area contributed by atoms with Crippen molar-refractivity contribution in [3.05, 3.63) is 29.8 Å². The van der Waals surface area contributed by atoms with Crippen molar-refractivity contribution >= 4 is 23.6 Å². The molecule has 2 aliphatic heterocycles. The first-order valence-corrected chi connectivity index (χ1v) is 10.6. The number of amides is 2. The van der Waals surface area contributed by atoms with Crippen LogP contribution in [-0.2, 0) is 4.79 Å². The average Bonchev–Trinajstić information content (AvgIpc) is 3.51. The normalized spacial score (nSPS) is 26.3. The van der Waals surface area contributed by atoms with E-state index in [1.54, 1.807) is 11.8 Å². The van der Waals surface area contributed by atoms with Crippen LogP contribution in [0.1, 0.15) is 42.5 Å². The summed E-state index contributed by atoms with van der Waals surface area (Å²) in [5.74, 6) is 1.26. The molecule has 3 aliphatic rings. The Morgan fingerprint density at radius 2 is 1.88 bits per heavy atom. The van der Waals surface area contributed by atoms with Crippen molar-refractivity contribution < 1.29 is 9.59 Å². The summed E-state index contributed by atoms with van der Waals surface area (Å²) in [7, 11) is 0. The quantitative estimate of drug-likeness (QED) is 0.779. The Hall–Kier alpha value is -1.49. The molecule has 1 aromatic rings. The lowest BCUT2D eigenvalue weighted by atomic mass is 9.83. The van der Waals surface area contributed by atoms with E-state index >= 15 is 0 Å². The number of piperidine rings is 2. The number of hydrogen-bond donors (Lipinski definition) is 0. The maximum absolute atomic E-state index is 13.2. The summed E-state index contributed by atoms with van der Waals surface area (Å²) < 4.78 is 0. The summed E-state index contributed by atoms with van der Waals surface area (Å²) in [6.07, 6.45) is 7.26. The predicted octanol–water partition coefficient (Wildman–Crippen LogP) is 3.27. The van der Waals surface area contributed by atoms with E-state index in [2.05, 4.69) is 9.80 Å². The highest BCUT2D eigenvalue weighted by molar-refractivity contribution is 7.98. The first-order chi connectivity index (χ1) is 12.2. The maximum Gasteiger partial charge on any atom is 0.255 e. The van der Waals surface area contributed by atoms with Gasteiger partial charge in [0.05, 0.1) is 5.56 Å². The molecule has 4 rings (SSSR count). The Labute approximate surface area is 153 Å². The lowest BCUT2D eigenvalue weighted by Crippen LogP contribution is -2.56. The molecule has 5 heteroatoms. The van der Waals surface area contributed by atoms with Crippen LogP contribution in [0.4, 0.5) is 0 Å². The smallest absolute Gasteiger partial charge is 0.255 e. The van der Waals surface area contributed by atoms with Gasteiger partial charge in [-0.15, -0.1) is 11.8 Å². The number of likely N-dealkylation sites (tertiary alicyclic amines) is 2. The van der Waals surface area contributed by atoms with E-state index in [1.165, 1.54) is 0 Å². The first kappa shape index (κ1) is 17.0. The molecule has 4 nitrogen and oxygen atoms in total. The molecule has 0 radical (unpaired) electrons. The van der Waals surface area contributed by atoms with E-state index in [0.717, 1.165) is 62.2 Å². The fraction of sp³-hybridized carbons (Fsp3) is 0.600. The fourth-order valence-corrected chi connectivity index (χ4v) is 5.01. The van der Waals surface area contributed by atoms with Crippen molar-refractivity contribution in [2.45, 2.75) is 43.0 Å². The Bertz CT molecular complexity index is 673. The molecule has 1 aromatic carbocycles. The van der Waals surface area contributed by atoms with E-state index < -0.39 is 0 Å². The van der Waals surface area contributed by atoms with E-state index in [9.17, 15) is 9.59 Å². The van der Waals surface area contributed by atoms with Gasteiger partial charge in [-0.2, -0.15) is 0 Å². The molecule has 0 unspecified atom stereocenters. The second-order valence-corrected chi connectivity index (χ2v) is 8.36. The molecule has 0 aromatic heterocycles. The van der Waals surface area contributed by atoms with Crippen molar-refractivity contribution in [2.75, 3.05) is 25.9 Å². The van der Waals surface area contributed by atoms with Crippen molar-refractivity contribution in [3.8, 4) is 0 Å². The zero-order valence-corrected chi connectivity index (χ0v) is 15.6. The number of benzene rings is 1. The van der Waals surface area contributed by atoms with Gasteiger partial charge in [0.25, 0.3) is 5.91 Å². The lowest BCUT2D eigenvalue weighted by Gasteiger charge is -2.47. The number of carbonyl (C=O) groups is 2. The highest BCUT2D eigenvalue weighted by Crippen LogP contribution is 2.36. The summed E-state index contributed by atoms with van der Waals surface area (Å²) in [6.45, 7) is 2.50. The van der Waals surface area contributed by atoms with Gasteiger partial charge < -0.3 is 9.80 Å². The lowest BCUT2D eigenvalue weighted by molar-refractivity contribution is -0.135. The second-order valence-electron chi connectivity index (χ2n) is 7.52. The van der Waals surface area contributed by atoms with Gasteiger partial charge in [0, 0.05) is 36.5 Å². The molecule has 2 saturated heterocycles. The van der Waals surface area contributed by atoms with Crippen molar-refractivity contribution in [1.29, 1.82) is 0 Å². The third-order valence-corrected chi connectivity index (χ3v) is 6.70. The van der Waals surface area contributed by atoms with Gasteiger partial charge in [-0.1, -0.05) is 12.1 Å². The van der Waals surface area contributed by atoms with Crippen LogP contribution in [0.3, 0.4) is 0 Å². The van der Waals surface area contributed by atoms with E-state index in [0.29, 0.717) is 23.8 Å². The standard InChI is InChI=1S/C20H26N2O2S/c1-25-18-7-3-2-6-16(18)20(24)22-11-4-5-15-13-21(12-10-17(15)22)19(23)14-8-9-14/h2-3,6-7,14-15,17H,4-5,8-13H2,1H3/t15-,17+/m1/s1. The van der Waals surface area contributed by atoms with Gasteiger partial charge >= 0.3 is 0 Å². The minimum Gasteiger partial charge on any atom is -0.342 e. The Kier molecular flexibility index (Phi) is 4.76. The number of carbonyl (C=O) groups excluding carboxylic acids is 2. The van der Waals surface area contributed by atoms with Crippen molar-refractivity contribution in [3.63, 3.8) is 0 Å². The summed E-state index contributed by atoms with van der Waals surface area (Å²) >= 11 is 1.63. The van der Waals surface area contributed by atoms with E-state index in [-0.39, 0.29) is 5.91 Å². The zero-order chi connectivity index (χ0) is 17.4. The molecule has 3 fully saturated rings. The van der Waals surface area contributed by atoms with Crippen molar-refractivity contribution in [2.24, 2.45) is 11.8 Å². The van der Waals surface area contributed by atoms with Gasteiger partial charge in [-0.3, -0.25) is 9.59 Å². The molecule has 0 bridgehead atoms. The Morgan fingerprint density at radius 3 is 2.64 bits per heavy atom. The molecule has 1 aliphatic carbocycles. The fourth-order valence-electron chi connectivity index (χ4n) is 4.42. The summed E-state index contributed by atoms with van der Waals surface area (Å²) in [6, 6.07) is 8.20. The minimum atomic E-state index is 0.168. The zero-order valence-electron chi connectivity index (χ0n) is 14.8. The monoisotopic (exact) mass is 358 g/mol. The van der Waals surface area contributed by atoms with Gasteiger partial charge in [-0.25, -0.2) is 0 Å². The van der Waals surface area contributed by atoms with Crippen LogP contribution in [0, 0.1) is 11.8 Å². The van der Waals surface area contributed by atoms with Crippen LogP contribution in [-0.4, -0.2) is 53.5 Å². The van der Waals surface area contributed by atoms with Gasteiger partial charge in [-0.05, 0) is 56.4 Å². The number of thioether (sulfide) groups is 1.